The maximum Gasteiger partial charge on any atom is 0.0555 e. The number of benzene rings is 10. The van der Waals surface area contributed by atoms with Gasteiger partial charge in [-0.05, 0) is 93.5 Å². The highest BCUT2D eigenvalue weighted by Crippen LogP contribution is 2.50. The highest BCUT2D eigenvalue weighted by Gasteiger charge is 2.23. The Balaban J connectivity index is 1.03. The molecule has 0 unspecified atom stereocenters. The number of hydrogen-bond acceptors (Lipinski definition) is 2. The molecule has 3 heteroatoms. The molecule has 296 valence electrons. The van der Waals surface area contributed by atoms with Crippen LogP contribution in [0.15, 0.2) is 243 Å². The Morgan fingerprint density at radius 1 is 0.317 bits per heavy atom. The maximum absolute atomic E-state index is 2.48. The van der Waals surface area contributed by atoms with Crippen LogP contribution in [0.2, 0.25) is 0 Å². The van der Waals surface area contributed by atoms with Gasteiger partial charge in [0, 0.05) is 47.9 Å². The number of thiophene rings is 1. The number of fused-ring (bicyclic) bond motifs is 6. The van der Waals surface area contributed by atoms with E-state index in [-0.39, 0.29) is 0 Å². The Kier molecular flexibility index (Phi) is 9.06. The van der Waals surface area contributed by atoms with Crippen LogP contribution in [-0.4, -0.2) is 4.57 Å². The van der Waals surface area contributed by atoms with Crippen LogP contribution < -0.4 is 4.90 Å². The first kappa shape index (κ1) is 36.8. The highest BCUT2D eigenvalue weighted by molar-refractivity contribution is 7.26. The van der Waals surface area contributed by atoms with Crippen LogP contribution in [0.4, 0.5) is 17.1 Å². The van der Waals surface area contributed by atoms with Gasteiger partial charge in [-0.3, -0.25) is 0 Å². The van der Waals surface area contributed by atoms with E-state index in [9.17, 15) is 0 Å². The summed E-state index contributed by atoms with van der Waals surface area (Å²) in [5.41, 5.74) is 16.5. The minimum Gasteiger partial charge on any atom is -0.309 e. The van der Waals surface area contributed by atoms with Gasteiger partial charge < -0.3 is 9.47 Å². The summed E-state index contributed by atoms with van der Waals surface area (Å²) in [7, 11) is 0. The summed E-state index contributed by atoms with van der Waals surface area (Å²) >= 11 is 1.88. The first-order valence-electron chi connectivity index (χ1n) is 21.5. The zero-order chi connectivity index (χ0) is 41.7. The predicted molar refractivity (Wildman–Crippen MR) is 270 cm³/mol. The minimum atomic E-state index is 1.10. The van der Waals surface area contributed by atoms with Crippen molar-refractivity contribution in [3.63, 3.8) is 0 Å². The highest BCUT2D eigenvalue weighted by atomic mass is 32.1. The van der Waals surface area contributed by atoms with Crippen molar-refractivity contribution in [1.82, 2.24) is 4.57 Å². The molecule has 12 rings (SSSR count). The molecule has 0 fully saturated rings. The van der Waals surface area contributed by atoms with Crippen LogP contribution in [0.1, 0.15) is 0 Å². The lowest BCUT2D eigenvalue weighted by Crippen LogP contribution is -2.11. The fourth-order valence-electron chi connectivity index (χ4n) is 9.44. The number of aromatic nitrogens is 1. The number of para-hydroxylation sites is 3. The molecule has 0 saturated carbocycles. The monoisotopic (exact) mass is 820 g/mol. The zero-order valence-electron chi connectivity index (χ0n) is 34.4. The lowest BCUT2D eigenvalue weighted by Gasteiger charge is -2.29. The van der Waals surface area contributed by atoms with E-state index in [0.717, 1.165) is 22.7 Å². The van der Waals surface area contributed by atoms with E-state index >= 15 is 0 Å². The average molecular weight is 821 g/mol. The van der Waals surface area contributed by atoms with Gasteiger partial charge in [-0.25, -0.2) is 0 Å². The molecule has 2 nitrogen and oxygen atoms in total. The van der Waals surface area contributed by atoms with Crippen molar-refractivity contribution in [3.05, 3.63) is 243 Å². The fraction of sp³-hybridized carbons (Fsp3) is 0. The largest absolute Gasteiger partial charge is 0.309 e. The first-order chi connectivity index (χ1) is 31.3. The van der Waals surface area contributed by atoms with Gasteiger partial charge in [-0.2, -0.15) is 0 Å². The number of anilines is 3. The normalized spacial score (nSPS) is 11.5. The van der Waals surface area contributed by atoms with Crippen molar-refractivity contribution in [2.45, 2.75) is 0 Å². The lowest BCUT2D eigenvalue weighted by molar-refractivity contribution is 1.18. The van der Waals surface area contributed by atoms with Gasteiger partial charge in [0.2, 0.25) is 0 Å². The third-order valence-corrected chi connectivity index (χ3v) is 13.6. The standard InChI is InChI=1S/C60H40N2S/c1-3-15-41(16-4-1)43-27-29-45(30-28-43)49-19-7-11-23-54(49)62(48-35-31-44(32-36-48)42-17-5-2-6-18-42)57-40-39-50(60-59(57)53-22-10-14-26-58(53)63-60)46-33-37-47(38-34-46)61-55-24-12-8-20-51(55)52-21-9-13-25-56(52)61/h1-40H. The number of rotatable bonds is 8. The SMILES string of the molecule is c1ccc(-c2ccc(-c3ccccc3N(c3ccc(-c4ccccc4)cc3)c3ccc(-c4ccc(-n5c6ccccc6c6ccccc65)cc4)c4sc5ccccc5c34)cc2)cc1. The summed E-state index contributed by atoms with van der Waals surface area (Å²) in [4.78, 5) is 2.48. The molecule has 0 atom stereocenters. The van der Waals surface area contributed by atoms with E-state index in [0.29, 0.717) is 0 Å². The first-order valence-corrected chi connectivity index (χ1v) is 22.3. The minimum absolute atomic E-state index is 1.10. The summed E-state index contributed by atoms with van der Waals surface area (Å²) in [6, 6.07) is 88.3. The second-order valence-electron chi connectivity index (χ2n) is 16.1. The molecule has 0 amide bonds. The molecule has 0 N–H and O–H groups in total. The lowest BCUT2D eigenvalue weighted by atomic mass is 9.96. The van der Waals surface area contributed by atoms with Crippen LogP contribution in [0, 0.1) is 0 Å². The number of hydrogen-bond donors (Lipinski definition) is 0. The van der Waals surface area contributed by atoms with Gasteiger partial charge >= 0.3 is 0 Å². The van der Waals surface area contributed by atoms with Crippen molar-refractivity contribution in [2.75, 3.05) is 4.90 Å². The average Bonchev–Trinajstić information content (AvgIpc) is 3.92. The second kappa shape index (κ2) is 15.5. The molecule has 10 aromatic carbocycles. The van der Waals surface area contributed by atoms with E-state index < -0.39 is 0 Å². The molecule has 0 aliphatic rings. The summed E-state index contributed by atoms with van der Waals surface area (Å²) < 4.78 is 4.93. The van der Waals surface area contributed by atoms with Gasteiger partial charge in [0.05, 0.1) is 22.4 Å². The molecular formula is C60H40N2S. The van der Waals surface area contributed by atoms with Crippen LogP contribution in [0.25, 0.3) is 92.2 Å². The van der Waals surface area contributed by atoms with Crippen molar-refractivity contribution < 1.29 is 0 Å². The van der Waals surface area contributed by atoms with Crippen LogP contribution in [0.5, 0.6) is 0 Å². The fourth-order valence-corrected chi connectivity index (χ4v) is 10.7. The van der Waals surface area contributed by atoms with E-state index in [1.807, 2.05) is 11.3 Å². The van der Waals surface area contributed by atoms with E-state index in [4.69, 9.17) is 0 Å². The van der Waals surface area contributed by atoms with E-state index in [2.05, 4.69) is 252 Å². The summed E-state index contributed by atoms with van der Waals surface area (Å²) in [6.45, 7) is 0. The quantitative estimate of drug-likeness (QED) is 0.148. The van der Waals surface area contributed by atoms with Crippen LogP contribution in [-0.2, 0) is 0 Å². The molecular weight excluding hydrogens is 781 g/mol. The van der Waals surface area contributed by atoms with E-state index in [1.165, 1.54) is 86.5 Å². The van der Waals surface area contributed by atoms with Gasteiger partial charge in [0.25, 0.3) is 0 Å². The molecule has 0 aliphatic carbocycles. The smallest absolute Gasteiger partial charge is 0.0555 e. The topological polar surface area (TPSA) is 8.17 Å². The van der Waals surface area contributed by atoms with Gasteiger partial charge in [-0.1, -0.05) is 188 Å². The molecule has 0 saturated heterocycles. The van der Waals surface area contributed by atoms with Crippen molar-refractivity contribution in [3.8, 4) is 50.2 Å². The van der Waals surface area contributed by atoms with E-state index in [1.54, 1.807) is 0 Å². The molecule has 12 aromatic rings. The van der Waals surface area contributed by atoms with Gasteiger partial charge in [0.15, 0.2) is 0 Å². The molecule has 2 heterocycles. The predicted octanol–water partition coefficient (Wildman–Crippen LogP) is 17.3. The van der Waals surface area contributed by atoms with Gasteiger partial charge in [0.1, 0.15) is 0 Å². The Hall–Kier alpha value is -7.98. The zero-order valence-corrected chi connectivity index (χ0v) is 35.2. The summed E-state index contributed by atoms with van der Waals surface area (Å²) in [5.74, 6) is 0. The molecule has 2 aromatic heterocycles. The molecule has 0 radical (unpaired) electrons. The van der Waals surface area contributed by atoms with Crippen molar-refractivity contribution in [2.24, 2.45) is 0 Å². The number of nitrogens with zero attached hydrogens (tertiary/aromatic N) is 2. The Morgan fingerprint density at radius 2 is 0.794 bits per heavy atom. The Morgan fingerprint density at radius 3 is 1.44 bits per heavy atom. The molecule has 0 aliphatic heterocycles. The molecule has 0 bridgehead atoms. The molecule has 63 heavy (non-hydrogen) atoms. The van der Waals surface area contributed by atoms with Crippen molar-refractivity contribution in [1.29, 1.82) is 0 Å². The van der Waals surface area contributed by atoms with Crippen LogP contribution >= 0.6 is 11.3 Å². The Labute approximate surface area is 370 Å². The van der Waals surface area contributed by atoms with Gasteiger partial charge in [-0.15, -0.1) is 11.3 Å². The summed E-state index contributed by atoms with van der Waals surface area (Å²) in [6.07, 6.45) is 0. The molecule has 0 spiro atoms. The van der Waals surface area contributed by atoms with Crippen molar-refractivity contribution >= 4 is 70.4 Å². The third-order valence-electron chi connectivity index (χ3n) is 12.4. The van der Waals surface area contributed by atoms with Crippen LogP contribution in [0.3, 0.4) is 0 Å². The second-order valence-corrected chi connectivity index (χ2v) is 17.1. The Bertz CT molecular complexity index is 3530. The summed E-state index contributed by atoms with van der Waals surface area (Å²) in [5, 5.41) is 5.04. The maximum atomic E-state index is 2.48. The third kappa shape index (κ3) is 6.41.